The van der Waals surface area contributed by atoms with E-state index in [2.05, 4.69) is 18.8 Å². The predicted octanol–water partition coefficient (Wildman–Crippen LogP) is 0.628. The molecule has 0 aromatic rings. The van der Waals surface area contributed by atoms with Gasteiger partial charge in [0.2, 0.25) is 5.90 Å². The van der Waals surface area contributed by atoms with Crippen molar-refractivity contribution in [1.82, 2.24) is 5.06 Å². The van der Waals surface area contributed by atoms with E-state index in [-0.39, 0.29) is 0 Å². The van der Waals surface area contributed by atoms with E-state index in [1.54, 1.807) is 0 Å². The van der Waals surface area contributed by atoms with Crippen LogP contribution in [0.4, 0.5) is 0 Å². The highest BCUT2D eigenvalue weighted by atomic mass is 16.7. The molecule has 50 valence electrons. The van der Waals surface area contributed by atoms with Crippen molar-refractivity contribution in [3.05, 3.63) is 0 Å². The van der Waals surface area contributed by atoms with Gasteiger partial charge in [0, 0.05) is 5.92 Å². The third kappa shape index (κ3) is 0.721. The second kappa shape index (κ2) is 1.48. The van der Waals surface area contributed by atoms with Gasteiger partial charge < -0.3 is 4.84 Å². The van der Waals surface area contributed by atoms with E-state index in [1.807, 2.05) is 5.06 Å². The van der Waals surface area contributed by atoms with Crippen molar-refractivity contribution in [1.29, 1.82) is 0 Å². The molecule has 0 radical (unpaired) electrons. The maximum absolute atomic E-state index is 5.28. The monoisotopic (exact) mass is 126 g/mol. The average Bonchev–Trinajstić information content (AvgIpc) is 2.40. The summed E-state index contributed by atoms with van der Waals surface area (Å²) in [5.74, 6) is 1.34. The first kappa shape index (κ1) is 5.23. The Kier molecular flexibility index (Phi) is 0.858. The lowest BCUT2D eigenvalue weighted by molar-refractivity contribution is 0.0506. The molecule has 0 aromatic carbocycles. The van der Waals surface area contributed by atoms with Crippen LogP contribution in [0.25, 0.3) is 0 Å². The number of nitrogens with zero attached hydrogens (tertiary/aromatic N) is 2. The van der Waals surface area contributed by atoms with Crippen LogP contribution in [0.15, 0.2) is 4.99 Å². The summed E-state index contributed by atoms with van der Waals surface area (Å²) in [5, 5.41) is 1.88. The summed E-state index contributed by atoms with van der Waals surface area (Å²) in [6.45, 7) is 5.17. The van der Waals surface area contributed by atoms with Gasteiger partial charge in [-0.3, -0.25) is 0 Å². The van der Waals surface area contributed by atoms with Crippen molar-refractivity contribution in [3.63, 3.8) is 0 Å². The largest absolute Gasteiger partial charge is 0.388 e. The molecule has 0 bridgehead atoms. The van der Waals surface area contributed by atoms with Crippen LogP contribution in [0.2, 0.25) is 0 Å². The summed E-state index contributed by atoms with van der Waals surface area (Å²) in [6, 6.07) is 0. The molecule has 0 aromatic heterocycles. The highest BCUT2D eigenvalue weighted by Crippen LogP contribution is 2.27. The fourth-order valence-corrected chi connectivity index (χ4v) is 0.862. The van der Waals surface area contributed by atoms with Gasteiger partial charge in [-0.2, -0.15) is 0 Å². The van der Waals surface area contributed by atoms with Gasteiger partial charge in [0.05, 0.1) is 6.54 Å². The van der Waals surface area contributed by atoms with Crippen LogP contribution in [0.1, 0.15) is 13.8 Å². The Morgan fingerprint density at radius 2 is 2.56 bits per heavy atom. The van der Waals surface area contributed by atoms with Gasteiger partial charge in [-0.1, -0.05) is 13.8 Å². The number of hydrogen-bond acceptors (Lipinski definition) is 3. The highest BCUT2D eigenvalue weighted by Gasteiger charge is 2.43. The van der Waals surface area contributed by atoms with Crippen LogP contribution in [0.3, 0.4) is 0 Å². The molecule has 2 heterocycles. The van der Waals surface area contributed by atoms with Crippen LogP contribution in [0, 0.1) is 5.92 Å². The molecule has 9 heavy (non-hydrogen) atoms. The zero-order valence-electron chi connectivity index (χ0n) is 5.66. The van der Waals surface area contributed by atoms with Crippen LogP contribution in [0.5, 0.6) is 0 Å². The lowest BCUT2D eigenvalue weighted by Gasteiger charge is -2.04. The molecule has 1 unspecified atom stereocenters. The van der Waals surface area contributed by atoms with Gasteiger partial charge in [-0.15, -0.1) is 5.06 Å². The second-order valence-corrected chi connectivity index (χ2v) is 2.79. The zero-order chi connectivity index (χ0) is 6.43. The van der Waals surface area contributed by atoms with E-state index in [9.17, 15) is 0 Å². The van der Waals surface area contributed by atoms with Gasteiger partial charge in [-0.05, 0) is 0 Å². The first-order chi connectivity index (χ1) is 4.27. The molecule has 2 atom stereocenters. The number of hydrogen-bond donors (Lipinski definition) is 0. The normalized spacial score (nSPS) is 37.9. The number of aliphatic imine (C=N–C) groups is 1. The van der Waals surface area contributed by atoms with E-state index in [0.29, 0.717) is 12.1 Å². The molecule has 1 saturated heterocycles. The molecule has 2 aliphatic heterocycles. The molecule has 3 heteroatoms. The van der Waals surface area contributed by atoms with Crippen molar-refractivity contribution < 1.29 is 4.84 Å². The van der Waals surface area contributed by atoms with E-state index in [0.717, 1.165) is 12.4 Å². The van der Waals surface area contributed by atoms with Gasteiger partial charge in [0.25, 0.3) is 0 Å². The molecule has 0 spiro atoms. The smallest absolute Gasteiger partial charge is 0.213 e. The molecular weight excluding hydrogens is 116 g/mol. The van der Waals surface area contributed by atoms with Crippen LogP contribution >= 0.6 is 0 Å². The van der Waals surface area contributed by atoms with Crippen LogP contribution in [-0.2, 0) is 4.84 Å². The second-order valence-electron chi connectivity index (χ2n) is 2.79. The van der Waals surface area contributed by atoms with E-state index >= 15 is 0 Å². The molecule has 0 aliphatic carbocycles. The van der Waals surface area contributed by atoms with E-state index < -0.39 is 0 Å². The van der Waals surface area contributed by atoms with Crippen LogP contribution in [-0.4, -0.2) is 23.7 Å². The lowest BCUT2D eigenvalue weighted by Crippen LogP contribution is -2.11. The minimum Gasteiger partial charge on any atom is -0.388 e. The molecule has 2 rings (SSSR count). The summed E-state index contributed by atoms with van der Waals surface area (Å²) >= 11 is 0. The molecule has 1 fully saturated rings. The van der Waals surface area contributed by atoms with Gasteiger partial charge in [0.15, 0.2) is 6.17 Å². The Morgan fingerprint density at radius 3 is 2.89 bits per heavy atom. The van der Waals surface area contributed by atoms with Crippen molar-refractivity contribution in [2.24, 2.45) is 10.9 Å². The molecule has 3 nitrogen and oxygen atoms in total. The maximum Gasteiger partial charge on any atom is 0.213 e. The third-order valence-electron chi connectivity index (χ3n) is 1.52. The fourth-order valence-electron chi connectivity index (χ4n) is 0.862. The molecule has 0 saturated carbocycles. The lowest BCUT2D eigenvalue weighted by atomic mass is 10.2. The Balaban J connectivity index is 2.07. The molecule has 2 aliphatic rings. The summed E-state index contributed by atoms with van der Waals surface area (Å²) < 4.78 is 0. The number of hydroxylamine groups is 2. The summed E-state index contributed by atoms with van der Waals surface area (Å²) in [7, 11) is 0. The molecule has 0 N–H and O–H groups in total. The average molecular weight is 126 g/mol. The van der Waals surface area contributed by atoms with Crippen molar-refractivity contribution in [2.75, 3.05) is 6.54 Å². The Labute approximate surface area is 54.3 Å². The quantitative estimate of drug-likeness (QED) is 0.481. The van der Waals surface area contributed by atoms with E-state index in [1.165, 1.54) is 0 Å². The SMILES string of the molecule is CC(C)C1=N[C@H]2CN2O1. The summed E-state index contributed by atoms with van der Waals surface area (Å²) in [6.07, 6.45) is 0.377. The fraction of sp³-hybridized carbons (Fsp3) is 0.833. The van der Waals surface area contributed by atoms with E-state index in [4.69, 9.17) is 4.84 Å². The summed E-state index contributed by atoms with van der Waals surface area (Å²) in [5.41, 5.74) is 0. The minimum absolute atomic E-state index is 0.377. The first-order valence-corrected chi connectivity index (χ1v) is 3.29. The topological polar surface area (TPSA) is 24.6 Å². The van der Waals surface area contributed by atoms with Gasteiger partial charge >= 0.3 is 0 Å². The minimum atomic E-state index is 0.377. The number of rotatable bonds is 1. The number of fused-ring (bicyclic) bond motifs is 1. The predicted molar refractivity (Wildman–Crippen MR) is 33.9 cm³/mol. The Bertz CT molecular complexity index is 164. The van der Waals surface area contributed by atoms with Gasteiger partial charge in [0.1, 0.15) is 0 Å². The third-order valence-corrected chi connectivity index (χ3v) is 1.52. The maximum atomic E-state index is 5.28. The van der Waals surface area contributed by atoms with Crippen LogP contribution < -0.4 is 0 Å². The standard InChI is InChI=1S/C6H10N2O/c1-4(2)6-7-5-3-8(5)9-6/h4-5H,3H2,1-2H3/t5-,8?/m1/s1. The Morgan fingerprint density at radius 1 is 1.78 bits per heavy atom. The first-order valence-electron chi connectivity index (χ1n) is 3.29. The van der Waals surface area contributed by atoms with Gasteiger partial charge in [-0.25, -0.2) is 4.99 Å². The zero-order valence-corrected chi connectivity index (χ0v) is 5.66. The molecule has 0 amide bonds. The Hall–Kier alpha value is -0.570. The molecular formula is C6H10N2O. The summed E-state index contributed by atoms with van der Waals surface area (Å²) in [4.78, 5) is 9.56. The highest BCUT2D eigenvalue weighted by molar-refractivity contribution is 5.79. The van der Waals surface area contributed by atoms with Crippen molar-refractivity contribution in [2.45, 2.75) is 20.0 Å². The van der Waals surface area contributed by atoms with Crippen molar-refractivity contribution >= 4 is 5.90 Å². The van der Waals surface area contributed by atoms with Crippen molar-refractivity contribution in [3.8, 4) is 0 Å².